The quantitative estimate of drug-likeness (QED) is 0.522. The van der Waals surface area contributed by atoms with Gasteiger partial charge >= 0.3 is 7.82 Å². The van der Waals surface area contributed by atoms with Gasteiger partial charge in [0.1, 0.15) is 29.8 Å². The second-order valence-electron chi connectivity index (χ2n) is 5.40. The monoisotopic (exact) mass is 375 g/mol. The average Bonchev–Trinajstić information content (AvgIpc) is 3.12. The molecule has 2 heterocycles. The molecule has 136 valence electrons. The number of hydrogen-bond donors (Lipinski definition) is 4. The molecule has 0 bridgehead atoms. The van der Waals surface area contributed by atoms with Crippen molar-refractivity contribution in [2.45, 2.75) is 24.5 Å². The van der Waals surface area contributed by atoms with Gasteiger partial charge in [-0.05, 0) is 12.1 Å². The molecule has 3 rings (SSSR count). The van der Waals surface area contributed by atoms with Crippen molar-refractivity contribution in [2.24, 2.45) is 0 Å². The van der Waals surface area contributed by atoms with Gasteiger partial charge in [0.2, 0.25) is 0 Å². The number of aliphatic hydroxyl groups is 2. The van der Waals surface area contributed by atoms with Crippen LogP contribution >= 0.6 is 7.82 Å². The molecular formula is C13H15FN3O7P. The van der Waals surface area contributed by atoms with Gasteiger partial charge in [0.05, 0.1) is 12.8 Å². The van der Waals surface area contributed by atoms with Crippen LogP contribution in [0.3, 0.4) is 0 Å². The van der Waals surface area contributed by atoms with Crippen LogP contribution in [-0.2, 0) is 13.8 Å². The lowest BCUT2D eigenvalue weighted by Gasteiger charge is -2.14. The largest absolute Gasteiger partial charge is 0.469 e. The van der Waals surface area contributed by atoms with Gasteiger partial charge in [0, 0.05) is 5.56 Å². The first-order valence-electron chi connectivity index (χ1n) is 7.14. The predicted molar refractivity (Wildman–Crippen MR) is 79.3 cm³/mol. The summed E-state index contributed by atoms with van der Waals surface area (Å²) in [5, 5.41) is 27.5. The van der Waals surface area contributed by atoms with Crippen LogP contribution in [0.2, 0.25) is 0 Å². The first-order chi connectivity index (χ1) is 11.8. The van der Waals surface area contributed by atoms with Crippen LogP contribution < -0.4 is 0 Å². The highest BCUT2D eigenvalue weighted by Gasteiger charge is 2.45. The maximum atomic E-state index is 13.8. The number of rotatable bonds is 5. The van der Waals surface area contributed by atoms with Crippen LogP contribution in [0.4, 0.5) is 4.39 Å². The van der Waals surface area contributed by atoms with E-state index in [0.29, 0.717) is 0 Å². The summed E-state index contributed by atoms with van der Waals surface area (Å²) < 4.78 is 35.2. The molecule has 0 aliphatic carbocycles. The Morgan fingerprint density at radius 3 is 2.68 bits per heavy atom. The van der Waals surface area contributed by atoms with E-state index in [-0.39, 0.29) is 11.3 Å². The number of ether oxygens (including phenoxy) is 1. The molecule has 0 amide bonds. The summed E-state index contributed by atoms with van der Waals surface area (Å²) in [6, 6.07) is 5.90. The van der Waals surface area contributed by atoms with Crippen molar-refractivity contribution in [3.63, 3.8) is 0 Å². The van der Waals surface area contributed by atoms with Gasteiger partial charge in [-0.25, -0.2) is 13.6 Å². The zero-order valence-corrected chi connectivity index (χ0v) is 13.5. The van der Waals surface area contributed by atoms with Crippen molar-refractivity contribution in [1.82, 2.24) is 15.0 Å². The maximum Gasteiger partial charge on any atom is 0.469 e. The third-order valence-corrected chi connectivity index (χ3v) is 4.15. The molecule has 10 nitrogen and oxygen atoms in total. The summed E-state index contributed by atoms with van der Waals surface area (Å²) in [6.45, 7) is -0.631. The molecule has 1 aliphatic rings. The molecule has 1 fully saturated rings. The second-order valence-corrected chi connectivity index (χ2v) is 6.64. The first kappa shape index (κ1) is 18.1. The Bertz CT molecular complexity index is 797. The molecule has 4 atom stereocenters. The minimum absolute atomic E-state index is 0.193. The second kappa shape index (κ2) is 6.89. The number of aliphatic hydroxyl groups excluding tert-OH is 2. The fourth-order valence-electron chi connectivity index (χ4n) is 2.45. The number of benzene rings is 1. The Labute approximate surface area is 140 Å². The summed E-state index contributed by atoms with van der Waals surface area (Å²) in [7, 11) is -4.75. The molecule has 1 aromatic carbocycles. The van der Waals surface area contributed by atoms with Crippen LogP contribution in [0.5, 0.6) is 0 Å². The Morgan fingerprint density at radius 2 is 2.00 bits per heavy atom. The summed E-state index contributed by atoms with van der Waals surface area (Å²) in [5.74, 6) is -0.504. The molecule has 1 aromatic heterocycles. The molecule has 0 spiro atoms. The number of hydrogen-bond acceptors (Lipinski definition) is 7. The van der Waals surface area contributed by atoms with Crippen molar-refractivity contribution in [1.29, 1.82) is 0 Å². The van der Waals surface area contributed by atoms with E-state index >= 15 is 0 Å². The molecule has 25 heavy (non-hydrogen) atoms. The van der Waals surface area contributed by atoms with Gasteiger partial charge in [0.25, 0.3) is 0 Å². The third kappa shape index (κ3) is 3.93. The first-order valence-corrected chi connectivity index (χ1v) is 8.68. The number of aromatic nitrogens is 3. The van der Waals surface area contributed by atoms with Crippen molar-refractivity contribution in [2.75, 3.05) is 6.61 Å². The van der Waals surface area contributed by atoms with Gasteiger partial charge in [-0.2, -0.15) is 0 Å². The van der Waals surface area contributed by atoms with Crippen LogP contribution in [0.1, 0.15) is 6.23 Å². The summed E-state index contributed by atoms with van der Waals surface area (Å²) in [4.78, 5) is 17.4. The Hall–Kier alpha value is -1.72. The highest BCUT2D eigenvalue weighted by atomic mass is 31.2. The number of phosphoric ester groups is 1. The highest BCUT2D eigenvalue weighted by Crippen LogP contribution is 2.38. The number of halogens is 1. The molecule has 4 N–H and O–H groups in total. The Balaban J connectivity index is 1.76. The Kier molecular flexibility index (Phi) is 4.98. The molecule has 0 saturated carbocycles. The van der Waals surface area contributed by atoms with Crippen LogP contribution in [-0.4, -0.2) is 59.9 Å². The Morgan fingerprint density at radius 1 is 1.28 bits per heavy atom. The average molecular weight is 375 g/mol. The van der Waals surface area contributed by atoms with Gasteiger partial charge in [0.15, 0.2) is 6.23 Å². The smallest absolute Gasteiger partial charge is 0.387 e. The summed E-state index contributed by atoms with van der Waals surface area (Å²) in [6.07, 6.45) is -3.94. The standard InChI is InChI=1S/C13H15FN3O7P/c14-8-4-2-1-3-7(8)9-5-17(16-15-9)13-12(19)11(18)10(24-13)6-23-25(20,21)22/h1-5,10-13,18-19H,6H2,(H2,20,21,22)/t10-,11-,12-,13-/m1/s1. The van der Waals surface area contributed by atoms with E-state index in [9.17, 15) is 19.2 Å². The zero-order chi connectivity index (χ0) is 18.2. The maximum absolute atomic E-state index is 13.8. The van der Waals surface area contributed by atoms with E-state index in [1.165, 1.54) is 24.4 Å². The lowest BCUT2D eigenvalue weighted by Crippen LogP contribution is -2.33. The van der Waals surface area contributed by atoms with Crippen molar-refractivity contribution < 1.29 is 38.2 Å². The summed E-state index contributed by atoms with van der Waals surface area (Å²) >= 11 is 0. The van der Waals surface area contributed by atoms with Gasteiger partial charge in [-0.3, -0.25) is 4.52 Å². The molecule has 0 radical (unpaired) electrons. The van der Waals surface area contributed by atoms with E-state index < -0.39 is 44.8 Å². The predicted octanol–water partition coefficient (Wildman–Crippen LogP) is -0.187. The third-order valence-electron chi connectivity index (χ3n) is 3.67. The van der Waals surface area contributed by atoms with Crippen molar-refractivity contribution in [3.8, 4) is 11.3 Å². The SMILES string of the molecule is O=P(O)(O)OC[C@H]1O[C@@H](n2cc(-c3ccccc3F)nn2)[C@H](O)[C@@H]1O. The van der Waals surface area contributed by atoms with E-state index in [0.717, 1.165) is 4.68 Å². The zero-order valence-electron chi connectivity index (χ0n) is 12.6. The molecule has 0 unspecified atom stereocenters. The lowest BCUT2D eigenvalue weighted by atomic mass is 10.1. The fourth-order valence-corrected chi connectivity index (χ4v) is 2.79. The minimum Gasteiger partial charge on any atom is -0.387 e. The van der Waals surface area contributed by atoms with Crippen LogP contribution in [0.15, 0.2) is 30.5 Å². The lowest BCUT2D eigenvalue weighted by molar-refractivity contribution is -0.0586. The van der Waals surface area contributed by atoms with Gasteiger partial charge in [-0.1, -0.05) is 17.3 Å². The highest BCUT2D eigenvalue weighted by molar-refractivity contribution is 7.46. The van der Waals surface area contributed by atoms with Gasteiger partial charge < -0.3 is 24.7 Å². The van der Waals surface area contributed by atoms with E-state index in [2.05, 4.69) is 14.8 Å². The van der Waals surface area contributed by atoms with Crippen molar-refractivity contribution in [3.05, 3.63) is 36.3 Å². The fraction of sp³-hybridized carbons (Fsp3) is 0.385. The summed E-state index contributed by atoms with van der Waals surface area (Å²) in [5.41, 5.74) is 0.390. The minimum atomic E-state index is -4.75. The normalized spacial score (nSPS) is 26.9. The van der Waals surface area contributed by atoms with E-state index in [1.54, 1.807) is 6.07 Å². The van der Waals surface area contributed by atoms with E-state index in [1.807, 2.05) is 0 Å². The molecule has 2 aromatic rings. The topological polar surface area (TPSA) is 147 Å². The van der Waals surface area contributed by atoms with Gasteiger partial charge in [-0.15, -0.1) is 5.10 Å². The van der Waals surface area contributed by atoms with Crippen LogP contribution in [0.25, 0.3) is 11.3 Å². The molecule has 1 aliphatic heterocycles. The molecule has 12 heteroatoms. The van der Waals surface area contributed by atoms with E-state index in [4.69, 9.17) is 14.5 Å². The number of phosphoric acid groups is 1. The van der Waals surface area contributed by atoms with Crippen LogP contribution in [0, 0.1) is 5.82 Å². The molecule has 1 saturated heterocycles. The van der Waals surface area contributed by atoms with Crippen molar-refractivity contribution >= 4 is 7.82 Å². The number of nitrogens with zero attached hydrogens (tertiary/aromatic N) is 3. The molecular weight excluding hydrogens is 360 g/mol.